The smallest absolute Gasteiger partial charge is 0.271 e. The standard InChI is InChI=1S/C58H85N19O9S3/c1-30(2)22-38(71-54(84)40(23-34-25-68-37-13-7-6-12-35(34)37)72-56(86)46-31(3)49(62)77-51(75-46)39(24-44(61)79)69-26-36(60)50(63)81)48(80)32(4)52(82)76-47(33(5)78)55(85)67-21-14-45-70-42(28-87-45)57-74-43(29-89-57)58-73-41(27-88-58)53(83)66-20-11-19-65-17-9-8-16-64-18-10-15-59/h6-7,12-13,25,27-30,32-33,36,38-40,47-48,64-65,68-69,78,80H,8-11,14-24,26,59-60H2,1-5H3,(H2,61,79)(H2,63,81)(H,66,83)(H,67,85)(H,71,84)(H,72,86)(H,76,82)(H2,62,75,77)/t32-,33+,36-,38+,39-,40-,47-,48-/m0/s1. The fourth-order valence-electron chi connectivity index (χ4n) is 9.37. The molecule has 1 aromatic carbocycles. The molecule has 0 radical (unpaired) electrons. The quantitative estimate of drug-likeness (QED) is 0.0232. The molecule has 0 saturated heterocycles. The summed E-state index contributed by atoms with van der Waals surface area (Å²) in [5.74, 6) is -6.54. The van der Waals surface area contributed by atoms with Crippen LogP contribution in [0.25, 0.3) is 32.3 Å². The first-order chi connectivity index (χ1) is 42.5. The second kappa shape index (κ2) is 35.1. The molecule has 0 unspecified atom stereocenters. The molecule has 21 N–H and O–H groups in total. The molecular weight excluding hydrogens is 1200 g/mol. The van der Waals surface area contributed by atoms with Crippen LogP contribution in [-0.2, 0) is 36.8 Å². The lowest BCUT2D eigenvalue weighted by Gasteiger charge is -2.32. The number of aromatic nitrogens is 6. The third kappa shape index (κ3) is 21.4. The molecule has 5 aromatic heterocycles. The molecule has 6 rings (SSSR count). The predicted molar refractivity (Wildman–Crippen MR) is 343 cm³/mol. The van der Waals surface area contributed by atoms with E-state index < -0.39 is 83.8 Å². The molecule has 0 fully saturated rings. The van der Waals surface area contributed by atoms with Crippen LogP contribution >= 0.6 is 34.0 Å². The van der Waals surface area contributed by atoms with Crippen molar-refractivity contribution in [1.29, 1.82) is 0 Å². The molecule has 8 atom stereocenters. The third-order valence-corrected chi connectivity index (χ3v) is 17.1. The molecule has 89 heavy (non-hydrogen) atoms. The Labute approximate surface area is 528 Å². The molecule has 484 valence electrons. The number of benzene rings is 1. The van der Waals surface area contributed by atoms with Crippen molar-refractivity contribution in [3.8, 4) is 21.4 Å². The maximum Gasteiger partial charge on any atom is 0.271 e. The highest BCUT2D eigenvalue weighted by molar-refractivity contribution is 7.16. The average Bonchev–Trinajstić information content (AvgIpc) is 3.53. The normalized spacial score (nSPS) is 14.3. The highest BCUT2D eigenvalue weighted by Gasteiger charge is 2.37. The van der Waals surface area contributed by atoms with Gasteiger partial charge in [0.25, 0.3) is 11.8 Å². The summed E-state index contributed by atoms with van der Waals surface area (Å²) in [5.41, 5.74) is 31.4. The van der Waals surface area contributed by atoms with Crippen LogP contribution in [0.2, 0.25) is 0 Å². The Morgan fingerprint density at radius 1 is 0.719 bits per heavy atom. The minimum Gasteiger partial charge on any atom is -0.391 e. The summed E-state index contributed by atoms with van der Waals surface area (Å²) in [5, 5.41) is 54.5. The lowest BCUT2D eigenvalue weighted by Crippen LogP contribution is -2.58. The van der Waals surface area contributed by atoms with E-state index in [2.05, 4.69) is 62.5 Å². The molecule has 28 nitrogen and oxygen atoms in total. The number of para-hydroxylation sites is 1. The molecule has 31 heteroatoms. The Kier molecular flexibility index (Phi) is 27.8. The number of nitrogens with zero attached hydrogens (tertiary/aromatic N) is 5. The third-order valence-electron chi connectivity index (χ3n) is 14.5. The number of hydrogen-bond acceptors (Lipinski definition) is 23. The number of carbonyl (C=O) groups excluding carboxylic acids is 7. The number of nitrogens with two attached hydrogens (primary N) is 5. The van der Waals surface area contributed by atoms with Crippen LogP contribution < -0.4 is 71.2 Å². The van der Waals surface area contributed by atoms with E-state index in [4.69, 9.17) is 38.6 Å². The SMILES string of the molecule is Cc1c(N)nc([C@H](CC(N)=O)NC[C@H](N)C(N)=O)nc1C(=O)N[C@@H](Cc1c[nH]c2ccccc12)C(=O)N[C@H](CC(C)C)[C@@H](O)[C@H](C)C(=O)N[C@H](C(=O)NCCc1nc(-c2nc(-c3nc(C(=O)NCCCNCCCCNCCCN)cs3)cs2)cs1)[C@@H](C)O. The van der Waals surface area contributed by atoms with Gasteiger partial charge in [0.2, 0.25) is 29.5 Å². The molecule has 0 spiro atoms. The number of nitrogen functional groups attached to an aromatic ring is 1. The van der Waals surface area contributed by atoms with Crippen molar-refractivity contribution >= 4 is 92.1 Å². The second-order valence-corrected chi connectivity index (χ2v) is 24.8. The summed E-state index contributed by atoms with van der Waals surface area (Å²) in [6.45, 7) is 12.7. The number of primary amides is 2. The Morgan fingerprint density at radius 2 is 1.39 bits per heavy atom. The van der Waals surface area contributed by atoms with Crippen LogP contribution in [0.5, 0.6) is 0 Å². The van der Waals surface area contributed by atoms with Gasteiger partial charge in [-0.25, -0.2) is 24.9 Å². The van der Waals surface area contributed by atoms with Gasteiger partial charge < -0.3 is 86.4 Å². The van der Waals surface area contributed by atoms with Crippen molar-refractivity contribution in [2.75, 3.05) is 58.1 Å². The molecule has 0 aliphatic rings. The topological polar surface area (TPSA) is 467 Å². The molecule has 0 saturated carbocycles. The van der Waals surface area contributed by atoms with E-state index >= 15 is 0 Å². The molecule has 5 heterocycles. The molecule has 7 amide bonds. The summed E-state index contributed by atoms with van der Waals surface area (Å²) in [7, 11) is 0. The number of aliphatic hydroxyl groups excluding tert-OH is 2. The highest BCUT2D eigenvalue weighted by atomic mass is 32.1. The van der Waals surface area contributed by atoms with Gasteiger partial charge >= 0.3 is 0 Å². The van der Waals surface area contributed by atoms with Gasteiger partial charge in [-0.2, -0.15) is 0 Å². The number of amides is 7. The first kappa shape index (κ1) is 70.6. The maximum atomic E-state index is 14.7. The number of aliphatic hydroxyl groups is 2. The fourth-order valence-corrected chi connectivity index (χ4v) is 11.8. The Morgan fingerprint density at radius 3 is 2.09 bits per heavy atom. The number of carbonyl (C=O) groups is 7. The van der Waals surface area contributed by atoms with Crippen molar-refractivity contribution in [2.45, 2.75) is 128 Å². The first-order valence-electron chi connectivity index (χ1n) is 29.6. The van der Waals surface area contributed by atoms with Crippen molar-refractivity contribution < 1.29 is 43.8 Å². The Hall–Kier alpha value is -7.46. The average molecular weight is 1290 g/mol. The number of anilines is 1. The van der Waals surface area contributed by atoms with Gasteiger partial charge in [-0.05, 0) is 96.2 Å². The minimum absolute atomic E-state index is 0.0685. The van der Waals surface area contributed by atoms with E-state index in [9.17, 15) is 43.8 Å². The van der Waals surface area contributed by atoms with Gasteiger partial charge in [-0.3, -0.25) is 33.6 Å². The lowest BCUT2D eigenvalue weighted by atomic mass is 9.90. The summed E-state index contributed by atoms with van der Waals surface area (Å²) < 4.78 is 0. The number of H-pyrrole nitrogens is 1. The van der Waals surface area contributed by atoms with Crippen LogP contribution in [0.1, 0.15) is 115 Å². The first-order valence-corrected chi connectivity index (χ1v) is 32.3. The van der Waals surface area contributed by atoms with E-state index in [-0.39, 0.29) is 67.1 Å². The van der Waals surface area contributed by atoms with Gasteiger partial charge in [-0.15, -0.1) is 34.0 Å². The van der Waals surface area contributed by atoms with Crippen LogP contribution in [0.15, 0.2) is 46.6 Å². The number of fused-ring (bicyclic) bond motifs is 1. The molecular formula is C58H85N19O9S3. The number of hydrogen-bond donors (Lipinski definition) is 16. The summed E-state index contributed by atoms with van der Waals surface area (Å²) in [6.07, 6.45) is 2.76. The number of aromatic amines is 1. The molecule has 0 aliphatic carbocycles. The van der Waals surface area contributed by atoms with Gasteiger partial charge in [0.05, 0.1) is 41.3 Å². The van der Waals surface area contributed by atoms with Crippen molar-refractivity contribution in [3.63, 3.8) is 0 Å². The predicted octanol–water partition coefficient (Wildman–Crippen LogP) is 0.392. The van der Waals surface area contributed by atoms with Gasteiger partial charge in [0.15, 0.2) is 0 Å². The maximum absolute atomic E-state index is 14.7. The van der Waals surface area contributed by atoms with Gasteiger partial charge in [0.1, 0.15) is 56.5 Å². The Balaban J connectivity index is 1.04. The second-order valence-electron chi connectivity index (χ2n) is 22.1. The summed E-state index contributed by atoms with van der Waals surface area (Å²) in [4.78, 5) is 119. The minimum atomic E-state index is -1.55. The van der Waals surface area contributed by atoms with Crippen molar-refractivity contribution in [1.82, 2.24) is 72.4 Å². The summed E-state index contributed by atoms with van der Waals surface area (Å²) in [6, 6.07) is 1.28. The van der Waals surface area contributed by atoms with Crippen molar-refractivity contribution in [2.24, 2.45) is 34.8 Å². The zero-order valence-electron chi connectivity index (χ0n) is 50.7. The lowest BCUT2D eigenvalue weighted by molar-refractivity contribution is -0.136. The van der Waals surface area contributed by atoms with Gasteiger partial charge in [0, 0.05) is 77.7 Å². The zero-order chi connectivity index (χ0) is 64.7. The van der Waals surface area contributed by atoms with Crippen LogP contribution in [-0.4, -0.2) is 170 Å². The fraction of sp³-hybridized carbons (Fsp3) is 0.517. The van der Waals surface area contributed by atoms with E-state index in [1.165, 1.54) is 54.8 Å². The molecule has 0 bridgehead atoms. The zero-order valence-corrected chi connectivity index (χ0v) is 53.2. The molecule has 6 aromatic rings. The number of unbranched alkanes of at least 4 members (excludes halogenated alkanes) is 1. The number of rotatable bonds is 39. The molecule has 0 aliphatic heterocycles. The van der Waals surface area contributed by atoms with Crippen LogP contribution in [0, 0.1) is 18.8 Å². The number of nitrogens with one attached hydrogen (secondary N) is 9. The van der Waals surface area contributed by atoms with E-state index in [0.717, 1.165) is 62.8 Å². The monoisotopic (exact) mass is 1290 g/mol. The van der Waals surface area contributed by atoms with Crippen LogP contribution in [0.3, 0.4) is 0 Å². The van der Waals surface area contributed by atoms with E-state index in [1.54, 1.807) is 11.6 Å². The van der Waals surface area contributed by atoms with E-state index in [1.807, 2.05) is 48.9 Å². The largest absolute Gasteiger partial charge is 0.391 e. The number of thiazole rings is 3. The Bertz CT molecular complexity index is 3310. The van der Waals surface area contributed by atoms with Crippen LogP contribution in [0.4, 0.5) is 5.82 Å². The summed E-state index contributed by atoms with van der Waals surface area (Å²) >= 11 is 4.08. The van der Waals surface area contributed by atoms with Gasteiger partial charge in [-0.1, -0.05) is 39.0 Å². The van der Waals surface area contributed by atoms with Crippen molar-refractivity contribution in [3.05, 3.63) is 79.9 Å². The highest BCUT2D eigenvalue weighted by Crippen LogP contribution is 2.32. The van der Waals surface area contributed by atoms with E-state index in [0.29, 0.717) is 57.2 Å².